The molecule has 1 aromatic carbocycles. The number of phenolic OH excluding ortho intramolecular Hbond substituents is 1. The second kappa shape index (κ2) is 5.16. The Balaban J connectivity index is 1.76. The molecular formula is C14H14Cl2N2O. The predicted molar refractivity (Wildman–Crippen MR) is 78.4 cm³/mol. The Morgan fingerprint density at radius 2 is 2.05 bits per heavy atom. The van der Waals surface area contributed by atoms with E-state index >= 15 is 0 Å². The van der Waals surface area contributed by atoms with Crippen molar-refractivity contribution < 1.29 is 5.11 Å². The zero-order valence-corrected chi connectivity index (χ0v) is 11.9. The molecule has 0 radical (unpaired) electrons. The molecule has 3 nitrogen and oxygen atoms in total. The van der Waals surface area contributed by atoms with Crippen molar-refractivity contribution in [3.8, 4) is 5.75 Å². The second-order valence-electron chi connectivity index (χ2n) is 4.95. The number of aromatic hydroxyl groups is 1. The average Bonchev–Trinajstić information content (AvgIpc) is 2.83. The highest BCUT2D eigenvalue weighted by atomic mass is 35.5. The van der Waals surface area contributed by atoms with Gasteiger partial charge in [-0.1, -0.05) is 23.2 Å². The Morgan fingerprint density at radius 3 is 2.89 bits per heavy atom. The first-order chi connectivity index (χ1) is 9.13. The fourth-order valence-electron chi connectivity index (χ4n) is 2.54. The summed E-state index contributed by atoms with van der Waals surface area (Å²) in [6.07, 6.45) is 3.02. The number of halogens is 2. The maximum absolute atomic E-state index is 9.93. The van der Waals surface area contributed by atoms with E-state index in [1.165, 1.54) is 17.2 Å². The van der Waals surface area contributed by atoms with Gasteiger partial charge in [-0.3, -0.25) is 9.89 Å². The van der Waals surface area contributed by atoms with Gasteiger partial charge in [0.05, 0.1) is 16.6 Å². The highest BCUT2D eigenvalue weighted by Gasteiger charge is 2.21. The highest BCUT2D eigenvalue weighted by Crippen LogP contribution is 2.31. The summed E-state index contributed by atoms with van der Waals surface area (Å²) in [7, 11) is 0. The molecule has 3 rings (SSSR count). The number of nitrogens with zero attached hydrogens (tertiary/aromatic N) is 2. The molecule has 2 heterocycles. The van der Waals surface area contributed by atoms with Gasteiger partial charge in [0, 0.05) is 37.5 Å². The Hall–Kier alpha value is -1.03. The van der Waals surface area contributed by atoms with Crippen LogP contribution in [0.3, 0.4) is 0 Å². The van der Waals surface area contributed by atoms with Crippen LogP contribution in [0, 0.1) is 0 Å². The van der Waals surface area contributed by atoms with Crippen LogP contribution in [0.1, 0.15) is 12.0 Å². The normalized spacial score (nSPS) is 19.1. The Labute approximate surface area is 122 Å². The van der Waals surface area contributed by atoms with Crippen LogP contribution >= 0.6 is 23.2 Å². The SMILES string of the molecule is Oc1cc(Cl)c(Cl)cc1CN1CCC2=C(C=NC2)C1. The van der Waals surface area contributed by atoms with Crippen molar-refractivity contribution in [2.45, 2.75) is 13.0 Å². The summed E-state index contributed by atoms with van der Waals surface area (Å²) in [4.78, 5) is 6.59. The maximum Gasteiger partial charge on any atom is 0.121 e. The molecule has 0 spiro atoms. The van der Waals surface area contributed by atoms with E-state index in [4.69, 9.17) is 23.2 Å². The highest BCUT2D eigenvalue weighted by molar-refractivity contribution is 6.42. The predicted octanol–water partition coefficient (Wildman–Crippen LogP) is 3.29. The van der Waals surface area contributed by atoms with Crippen molar-refractivity contribution in [1.82, 2.24) is 4.90 Å². The summed E-state index contributed by atoms with van der Waals surface area (Å²) in [6, 6.07) is 3.25. The summed E-state index contributed by atoms with van der Waals surface area (Å²) in [5.74, 6) is 0.203. The number of benzene rings is 1. The van der Waals surface area contributed by atoms with Crippen LogP contribution in [0.2, 0.25) is 10.0 Å². The van der Waals surface area contributed by atoms with Gasteiger partial charge in [0.2, 0.25) is 0 Å². The van der Waals surface area contributed by atoms with Crippen molar-refractivity contribution in [1.29, 1.82) is 0 Å². The van der Waals surface area contributed by atoms with Crippen molar-refractivity contribution in [2.24, 2.45) is 4.99 Å². The lowest BCUT2D eigenvalue weighted by Crippen LogP contribution is -2.31. The Morgan fingerprint density at radius 1 is 1.26 bits per heavy atom. The summed E-state index contributed by atoms with van der Waals surface area (Å²) < 4.78 is 0. The van der Waals surface area contributed by atoms with E-state index < -0.39 is 0 Å². The average molecular weight is 297 g/mol. The van der Waals surface area contributed by atoms with Crippen molar-refractivity contribution >= 4 is 29.4 Å². The Bertz CT molecular complexity index is 581. The third-order valence-corrected chi connectivity index (χ3v) is 4.34. The van der Waals surface area contributed by atoms with Gasteiger partial charge in [0.25, 0.3) is 0 Å². The van der Waals surface area contributed by atoms with E-state index in [-0.39, 0.29) is 5.75 Å². The number of phenols is 1. The lowest BCUT2D eigenvalue weighted by Gasteiger charge is -2.27. The smallest absolute Gasteiger partial charge is 0.121 e. The number of rotatable bonds is 2. The van der Waals surface area contributed by atoms with Crippen LogP contribution in [0.4, 0.5) is 0 Å². The van der Waals surface area contributed by atoms with Crippen LogP contribution < -0.4 is 0 Å². The first-order valence-corrected chi connectivity index (χ1v) is 6.99. The summed E-state index contributed by atoms with van der Waals surface area (Å²) in [5.41, 5.74) is 3.59. The number of hydrogen-bond donors (Lipinski definition) is 1. The van der Waals surface area contributed by atoms with Crippen molar-refractivity contribution in [3.63, 3.8) is 0 Å². The quantitative estimate of drug-likeness (QED) is 0.909. The first-order valence-electron chi connectivity index (χ1n) is 6.23. The van der Waals surface area contributed by atoms with E-state index in [0.717, 1.165) is 31.6 Å². The van der Waals surface area contributed by atoms with Gasteiger partial charge in [-0.25, -0.2) is 0 Å². The number of hydrogen-bond acceptors (Lipinski definition) is 3. The molecule has 2 aliphatic heterocycles. The Kier molecular flexibility index (Phi) is 3.52. The van der Waals surface area contributed by atoms with Crippen molar-refractivity contribution in [3.05, 3.63) is 38.9 Å². The summed E-state index contributed by atoms with van der Waals surface area (Å²) in [6.45, 7) is 3.41. The molecule has 1 aromatic rings. The largest absolute Gasteiger partial charge is 0.508 e. The molecule has 19 heavy (non-hydrogen) atoms. The standard InChI is InChI=1S/C14H14Cl2N2O/c15-12-3-10(14(19)4-13(12)16)7-18-2-1-9-5-17-6-11(9)8-18/h3-4,6,19H,1-2,5,7-8H2. The first kappa shape index (κ1) is 13.0. The molecule has 5 heteroatoms. The molecule has 0 saturated heterocycles. The zero-order chi connectivity index (χ0) is 13.4. The topological polar surface area (TPSA) is 35.8 Å². The summed E-state index contributed by atoms with van der Waals surface area (Å²) in [5, 5.41) is 10.8. The minimum atomic E-state index is 0.203. The lowest BCUT2D eigenvalue weighted by atomic mass is 10.0. The molecule has 1 N–H and O–H groups in total. The van der Waals surface area contributed by atoms with Gasteiger partial charge in [0.15, 0.2) is 0 Å². The van der Waals surface area contributed by atoms with Gasteiger partial charge in [-0.2, -0.15) is 0 Å². The minimum Gasteiger partial charge on any atom is -0.508 e. The molecule has 2 aliphatic rings. The van der Waals surface area contributed by atoms with Crippen LogP contribution in [-0.4, -0.2) is 35.9 Å². The molecule has 0 fully saturated rings. The van der Waals surface area contributed by atoms with Gasteiger partial charge in [0.1, 0.15) is 5.75 Å². The second-order valence-corrected chi connectivity index (χ2v) is 5.77. The number of aliphatic imine (C=N–C) groups is 1. The molecule has 0 unspecified atom stereocenters. The molecular weight excluding hydrogens is 283 g/mol. The van der Waals surface area contributed by atoms with E-state index in [1.807, 2.05) is 6.21 Å². The summed E-state index contributed by atoms with van der Waals surface area (Å²) >= 11 is 11.9. The minimum absolute atomic E-state index is 0.203. The fraction of sp³-hybridized carbons (Fsp3) is 0.357. The third-order valence-electron chi connectivity index (χ3n) is 3.62. The van der Waals surface area contributed by atoms with Gasteiger partial charge < -0.3 is 5.11 Å². The van der Waals surface area contributed by atoms with Crippen LogP contribution in [-0.2, 0) is 6.54 Å². The van der Waals surface area contributed by atoms with Gasteiger partial charge >= 0.3 is 0 Å². The molecule has 0 atom stereocenters. The van der Waals surface area contributed by atoms with Crippen molar-refractivity contribution in [2.75, 3.05) is 19.6 Å². The molecule has 0 aromatic heterocycles. The maximum atomic E-state index is 9.93. The van der Waals surface area contributed by atoms with Crippen LogP contribution in [0.5, 0.6) is 5.75 Å². The molecule has 100 valence electrons. The van der Waals surface area contributed by atoms with Gasteiger partial charge in [-0.15, -0.1) is 0 Å². The monoisotopic (exact) mass is 296 g/mol. The van der Waals surface area contributed by atoms with Crippen LogP contribution in [0.15, 0.2) is 28.3 Å². The van der Waals surface area contributed by atoms with E-state index in [1.54, 1.807) is 6.07 Å². The van der Waals surface area contributed by atoms with E-state index in [0.29, 0.717) is 16.6 Å². The van der Waals surface area contributed by atoms with Gasteiger partial charge in [-0.05, 0) is 23.6 Å². The molecule has 0 aliphatic carbocycles. The zero-order valence-electron chi connectivity index (χ0n) is 10.4. The molecule has 0 amide bonds. The fourth-order valence-corrected chi connectivity index (χ4v) is 2.89. The third kappa shape index (κ3) is 2.64. The molecule has 0 saturated carbocycles. The lowest BCUT2D eigenvalue weighted by molar-refractivity contribution is 0.278. The van der Waals surface area contributed by atoms with E-state index in [9.17, 15) is 5.11 Å². The van der Waals surface area contributed by atoms with Crippen LogP contribution in [0.25, 0.3) is 0 Å². The molecule has 0 bridgehead atoms. The van der Waals surface area contributed by atoms with E-state index in [2.05, 4.69) is 9.89 Å².